The van der Waals surface area contributed by atoms with Gasteiger partial charge in [0.15, 0.2) is 9.84 Å². The average Bonchev–Trinajstić information content (AvgIpc) is 2.18. The lowest BCUT2D eigenvalue weighted by Gasteiger charge is -2.07. The summed E-state index contributed by atoms with van der Waals surface area (Å²) < 4.78 is 23.2. The maximum atomic E-state index is 11.6. The van der Waals surface area contributed by atoms with Crippen LogP contribution < -0.4 is 11.1 Å². The van der Waals surface area contributed by atoms with Gasteiger partial charge in [0.05, 0.1) is 17.6 Å². The number of anilines is 2. The van der Waals surface area contributed by atoms with Crippen molar-refractivity contribution in [3.05, 3.63) is 18.3 Å². The quantitative estimate of drug-likeness (QED) is 0.848. The Bertz CT molecular complexity index is 514. The molecule has 0 bridgehead atoms. The van der Waals surface area contributed by atoms with Crippen molar-refractivity contribution in [2.45, 2.75) is 13.8 Å². The summed E-state index contributed by atoms with van der Waals surface area (Å²) in [6, 6.07) is 3.09. The SMILES string of the molecule is CC(C)CS(=O)(=O)CC(=O)Nc1ccc(N)nc1.Cl. The molecule has 0 saturated heterocycles. The van der Waals surface area contributed by atoms with Crippen LogP contribution in [0.15, 0.2) is 18.3 Å². The second kappa shape index (κ2) is 7.30. The van der Waals surface area contributed by atoms with Gasteiger partial charge in [-0.1, -0.05) is 13.8 Å². The summed E-state index contributed by atoms with van der Waals surface area (Å²) >= 11 is 0. The van der Waals surface area contributed by atoms with Crippen molar-refractivity contribution in [2.24, 2.45) is 5.92 Å². The molecule has 0 spiro atoms. The van der Waals surface area contributed by atoms with Gasteiger partial charge in [0.2, 0.25) is 5.91 Å². The predicted molar refractivity (Wildman–Crippen MR) is 78.0 cm³/mol. The highest BCUT2D eigenvalue weighted by atomic mass is 35.5. The van der Waals surface area contributed by atoms with Crippen LogP contribution >= 0.6 is 12.4 Å². The second-order valence-corrected chi connectivity index (χ2v) is 6.58. The van der Waals surface area contributed by atoms with Gasteiger partial charge in [-0.3, -0.25) is 4.79 Å². The zero-order chi connectivity index (χ0) is 13.8. The predicted octanol–water partition coefficient (Wildman–Crippen LogP) is 1.09. The van der Waals surface area contributed by atoms with Crippen LogP contribution in [0.25, 0.3) is 0 Å². The fourth-order valence-electron chi connectivity index (χ4n) is 1.44. The maximum absolute atomic E-state index is 11.6. The lowest BCUT2D eigenvalue weighted by molar-refractivity contribution is -0.113. The minimum Gasteiger partial charge on any atom is -0.384 e. The summed E-state index contributed by atoms with van der Waals surface area (Å²) in [4.78, 5) is 15.3. The number of halogens is 1. The van der Waals surface area contributed by atoms with Gasteiger partial charge in [-0.25, -0.2) is 13.4 Å². The van der Waals surface area contributed by atoms with E-state index in [9.17, 15) is 13.2 Å². The number of hydrogen-bond donors (Lipinski definition) is 2. The molecule has 108 valence electrons. The minimum atomic E-state index is -3.37. The number of hydrogen-bond acceptors (Lipinski definition) is 5. The average molecular weight is 308 g/mol. The molecule has 0 aliphatic carbocycles. The second-order valence-electron chi connectivity index (χ2n) is 4.47. The number of nitrogens with one attached hydrogen (secondary N) is 1. The summed E-state index contributed by atoms with van der Waals surface area (Å²) in [6.45, 7) is 3.58. The van der Waals surface area contributed by atoms with Gasteiger partial charge in [-0.2, -0.15) is 0 Å². The van der Waals surface area contributed by atoms with Crippen molar-refractivity contribution in [3.63, 3.8) is 0 Å². The van der Waals surface area contributed by atoms with E-state index in [1.807, 2.05) is 0 Å². The number of nitrogens with two attached hydrogens (primary N) is 1. The molecule has 0 aliphatic rings. The first-order chi connectivity index (χ1) is 8.28. The lowest BCUT2D eigenvalue weighted by atomic mass is 10.3. The van der Waals surface area contributed by atoms with Crippen LogP contribution in [-0.2, 0) is 14.6 Å². The van der Waals surface area contributed by atoms with Crippen LogP contribution in [0.1, 0.15) is 13.8 Å². The molecule has 0 fully saturated rings. The van der Waals surface area contributed by atoms with E-state index in [2.05, 4.69) is 10.3 Å². The van der Waals surface area contributed by atoms with E-state index in [1.54, 1.807) is 19.9 Å². The van der Waals surface area contributed by atoms with Gasteiger partial charge in [-0.05, 0) is 18.1 Å². The lowest BCUT2D eigenvalue weighted by Crippen LogP contribution is -2.26. The van der Waals surface area contributed by atoms with Crippen LogP contribution in [0, 0.1) is 5.92 Å². The topological polar surface area (TPSA) is 102 Å². The van der Waals surface area contributed by atoms with Gasteiger partial charge >= 0.3 is 0 Å². The van der Waals surface area contributed by atoms with Crippen molar-refractivity contribution < 1.29 is 13.2 Å². The number of nitrogen functional groups attached to an aromatic ring is 1. The van der Waals surface area contributed by atoms with Crippen LogP contribution in [0.3, 0.4) is 0 Å². The summed E-state index contributed by atoms with van der Waals surface area (Å²) in [7, 11) is -3.37. The van der Waals surface area contributed by atoms with Gasteiger partial charge in [0.1, 0.15) is 11.6 Å². The van der Waals surface area contributed by atoms with Crippen molar-refractivity contribution in [3.8, 4) is 0 Å². The summed E-state index contributed by atoms with van der Waals surface area (Å²) in [5.74, 6) is -0.751. The van der Waals surface area contributed by atoms with E-state index in [0.717, 1.165) is 0 Å². The summed E-state index contributed by atoms with van der Waals surface area (Å²) in [5.41, 5.74) is 5.82. The molecule has 0 aromatic carbocycles. The number of nitrogens with zero attached hydrogens (tertiary/aromatic N) is 1. The zero-order valence-corrected chi connectivity index (χ0v) is 12.4. The minimum absolute atomic E-state index is 0. The molecule has 1 heterocycles. The van der Waals surface area contributed by atoms with Crippen molar-refractivity contribution in [2.75, 3.05) is 22.6 Å². The first-order valence-electron chi connectivity index (χ1n) is 5.50. The first kappa shape index (κ1) is 17.7. The van der Waals surface area contributed by atoms with Gasteiger partial charge < -0.3 is 11.1 Å². The van der Waals surface area contributed by atoms with Gasteiger partial charge in [0.25, 0.3) is 0 Å². The monoisotopic (exact) mass is 307 g/mol. The Morgan fingerprint density at radius 2 is 2.05 bits per heavy atom. The Kier molecular flexibility index (Phi) is 6.78. The Labute approximate surface area is 119 Å². The van der Waals surface area contributed by atoms with E-state index >= 15 is 0 Å². The van der Waals surface area contributed by atoms with Crippen LogP contribution in [0.4, 0.5) is 11.5 Å². The molecule has 0 radical (unpaired) electrons. The molecule has 3 N–H and O–H groups in total. The molecule has 0 unspecified atom stereocenters. The molecule has 0 aliphatic heterocycles. The smallest absolute Gasteiger partial charge is 0.239 e. The summed E-state index contributed by atoms with van der Waals surface area (Å²) in [5, 5.41) is 2.46. The molecule has 1 aromatic heterocycles. The first-order valence-corrected chi connectivity index (χ1v) is 7.32. The standard InChI is InChI=1S/C11H17N3O3S.ClH/c1-8(2)6-18(16,17)7-11(15)14-9-3-4-10(12)13-5-9;/h3-5,8H,6-7H2,1-2H3,(H2,12,13)(H,14,15);1H. The number of pyridine rings is 1. The molecular formula is C11H18ClN3O3S. The molecule has 1 aromatic rings. The number of rotatable bonds is 5. The third kappa shape index (κ3) is 6.97. The third-order valence-electron chi connectivity index (χ3n) is 2.01. The van der Waals surface area contributed by atoms with E-state index in [0.29, 0.717) is 11.5 Å². The fourth-order valence-corrected chi connectivity index (χ4v) is 3.05. The van der Waals surface area contributed by atoms with Crippen LogP contribution in [0.2, 0.25) is 0 Å². The number of carbonyl (C=O) groups is 1. The van der Waals surface area contributed by atoms with E-state index in [4.69, 9.17) is 5.73 Å². The Hall–Kier alpha value is -1.34. The highest BCUT2D eigenvalue weighted by Gasteiger charge is 2.18. The van der Waals surface area contributed by atoms with Crippen molar-refractivity contribution in [1.82, 2.24) is 4.98 Å². The highest BCUT2D eigenvalue weighted by Crippen LogP contribution is 2.08. The summed E-state index contributed by atoms with van der Waals surface area (Å²) in [6.07, 6.45) is 1.38. The molecule has 8 heteroatoms. The molecule has 6 nitrogen and oxygen atoms in total. The van der Waals surface area contributed by atoms with Crippen LogP contribution in [0.5, 0.6) is 0 Å². The molecule has 0 atom stereocenters. The van der Waals surface area contributed by atoms with Crippen molar-refractivity contribution in [1.29, 1.82) is 0 Å². The Balaban J connectivity index is 0.00000324. The molecule has 0 saturated carbocycles. The molecular weight excluding hydrogens is 290 g/mol. The van der Waals surface area contributed by atoms with E-state index in [-0.39, 0.29) is 24.1 Å². The molecule has 19 heavy (non-hydrogen) atoms. The van der Waals surface area contributed by atoms with E-state index < -0.39 is 21.5 Å². The molecule has 1 rings (SSSR count). The number of aromatic nitrogens is 1. The number of sulfone groups is 1. The molecule has 1 amide bonds. The van der Waals surface area contributed by atoms with Gasteiger partial charge in [0, 0.05) is 0 Å². The Morgan fingerprint density at radius 1 is 1.42 bits per heavy atom. The van der Waals surface area contributed by atoms with Gasteiger partial charge in [-0.15, -0.1) is 12.4 Å². The third-order valence-corrected chi connectivity index (χ3v) is 3.88. The number of carbonyl (C=O) groups excluding carboxylic acids is 1. The highest BCUT2D eigenvalue weighted by molar-refractivity contribution is 7.92. The number of amides is 1. The Morgan fingerprint density at radius 3 is 2.53 bits per heavy atom. The van der Waals surface area contributed by atoms with E-state index in [1.165, 1.54) is 12.3 Å². The maximum Gasteiger partial charge on any atom is 0.239 e. The van der Waals surface area contributed by atoms with Crippen LogP contribution in [-0.4, -0.2) is 30.8 Å². The normalized spacial score (nSPS) is 10.9. The largest absolute Gasteiger partial charge is 0.384 e. The zero-order valence-electron chi connectivity index (χ0n) is 10.8. The fraction of sp³-hybridized carbons (Fsp3) is 0.455. The van der Waals surface area contributed by atoms with Crippen molar-refractivity contribution >= 4 is 39.7 Å².